The molecule has 2 nitrogen and oxygen atoms in total. The molecule has 0 amide bonds. The SMILES string of the molecule is CC(C)C(C)N1CCC2(CC2N)C1. The summed E-state index contributed by atoms with van der Waals surface area (Å²) in [6.07, 6.45) is 2.61. The minimum Gasteiger partial charge on any atom is -0.327 e. The summed E-state index contributed by atoms with van der Waals surface area (Å²) in [6.45, 7) is 9.49. The maximum Gasteiger partial charge on any atom is 0.0115 e. The van der Waals surface area contributed by atoms with Crippen LogP contribution in [0.3, 0.4) is 0 Å². The van der Waals surface area contributed by atoms with E-state index in [9.17, 15) is 0 Å². The van der Waals surface area contributed by atoms with Crippen molar-refractivity contribution in [3.8, 4) is 0 Å². The Morgan fingerprint density at radius 1 is 1.38 bits per heavy atom. The van der Waals surface area contributed by atoms with Crippen LogP contribution in [0.15, 0.2) is 0 Å². The fourth-order valence-electron chi connectivity index (χ4n) is 2.55. The van der Waals surface area contributed by atoms with E-state index in [-0.39, 0.29) is 0 Å². The van der Waals surface area contributed by atoms with Crippen LogP contribution in [-0.4, -0.2) is 30.1 Å². The molecule has 3 unspecified atom stereocenters. The summed E-state index contributed by atoms with van der Waals surface area (Å²) < 4.78 is 0. The Labute approximate surface area is 81.5 Å². The average Bonchev–Trinajstić information content (AvgIpc) is 2.52. The lowest BCUT2D eigenvalue weighted by atomic mass is 10.0. The van der Waals surface area contributed by atoms with Gasteiger partial charge in [-0.1, -0.05) is 13.8 Å². The van der Waals surface area contributed by atoms with Gasteiger partial charge >= 0.3 is 0 Å². The molecule has 1 saturated heterocycles. The Morgan fingerprint density at radius 3 is 2.38 bits per heavy atom. The molecule has 2 fully saturated rings. The van der Waals surface area contributed by atoms with E-state index in [4.69, 9.17) is 5.73 Å². The van der Waals surface area contributed by atoms with Crippen molar-refractivity contribution < 1.29 is 0 Å². The molecule has 0 aromatic heterocycles. The number of rotatable bonds is 2. The van der Waals surface area contributed by atoms with Gasteiger partial charge < -0.3 is 5.73 Å². The molecule has 0 aromatic rings. The lowest BCUT2D eigenvalue weighted by Gasteiger charge is -2.27. The molecule has 76 valence electrons. The van der Waals surface area contributed by atoms with Gasteiger partial charge in [0.25, 0.3) is 0 Å². The first kappa shape index (κ1) is 9.47. The molecule has 1 heterocycles. The minimum atomic E-state index is 0.511. The van der Waals surface area contributed by atoms with Gasteiger partial charge in [-0.2, -0.15) is 0 Å². The molecule has 2 N–H and O–H groups in total. The van der Waals surface area contributed by atoms with Crippen LogP contribution >= 0.6 is 0 Å². The monoisotopic (exact) mass is 182 g/mol. The fourth-order valence-corrected chi connectivity index (χ4v) is 2.55. The molecule has 0 bridgehead atoms. The number of hydrogen-bond donors (Lipinski definition) is 1. The molecule has 0 radical (unpaired) electrons. The van der Waals surface area contributed by atoms with Crippen LogP contribution in [0.4, 0.5) is 0 Å². The summed E-state index contributed by atoms with van der Waals surface area (Å²) in [6, 6.07) is 1.24. The molecule has 1 aliphatic carbocycles. The zero-order valence-corrected chi connectivity index (χ0v) is 9.09. The second kappa shape index (κ2) is 2.96. The van der Waals surface area contributed by atoms with Crippen molar-refractivity contribution in [2.24, 2.45) is 17.1 Å². The molecule has 13 heavy (non-hydrogen) atoms. The van der Waals surface area contributed by atoms with E-state index in [2.05, 4.69) is 25.7 Å². The second-order valence-electron chi connectivity index (χ2n) is 5.38. The summed E-state index contributed by atoms with van der Waals surface area (Å²) in [5.74, 6) is 0.769. The number of nitrogens with two attached hydrogens (primary N) is 1. The summed E-state index contributed by atoms with van der Waals surface area (Å²) >= 11 is 0. The Hall–Kier alpha value is -0.0800. The number of likely N-dealkylation sites (tertiary alicyclic amines) is 1. The van der Waals surface area contributed by atoms with Gasteiger partial charge in [-0.15, -0.1) is 0 Å². The summed E-state index contributed by atoms with van der Waals surface area (Å²) in [4.78, 5) is 2.62. The van der Waals surface area contributed by atoms with Crippen LogP contribution in [0.1, 0.15) is 33.6 Å². The van der Waals surface area contributed by atoms with Gasteiger partial charge in [0.1, 0.15) is 0 Å². The molecule has 2 rings (SSSR count). The van der Waals surface area contributed by atoms with Crippen LogP contribution < -0.4 is 5.73 Å². The van der Waals surface area contributed by atoms with Gasteiger partial charge in [0.15, 0.2) is 0 Å². The van der Waals surface area contributed by atoms with Gasteiger partial charge in [-0.05, 0) is 32.2 Å². The van der Waals surface area contributed by atoms with E-state index >= 15 is 0 Å². The van der Waals surface area contributed by atoms with Gasteiger partial charge in [-0.25, -0.2) is 0 Å². The van der Waals surface area contributed by atoms with Crippen LogP contribution in [0.25, 0.3) is 0 Å². The van der Waals surface area contributed by atoms with Crippen molar-refractivity contribution in [1.29, 1.82) is 0 Å². The highest BCUT2D eigenvalue weighted by molar-refractivity contribution is 5.11. The molecule has 1 saturated carbocycles. The van der Waals surface area contributed by atoms with Crippen LogP contribution in [-0.2, 0) is 0 Å². The Kier molecular flexibility index (Phi) is 2.16. The lowest BCUT2D eigenvalue weighted by molar-refractivity contribution is 0.198. The van der Waals surface area contributed by atoms with Gasteiger partial charge in [0.2, 0.25) is 0 Å². The predicted molar refractivity (Wildman–Crippen MR) is 55.5 cm³/mol. The van der Waals surface area contributed by atoms with Crippen LogP contribution in [0.5, 0.6) is 0 Å². The topological polar surface area (TPSA) is 29.3 Å². The zero-order chi connectivity index (χ0) is 9.64. The normalized spacial score (nSPS) is 41.8. The van der Waals surface area contributed by atoms with Gasteiger partial charge in [0.05, 0.1) is 0 Å². The molecule has 2 heteroatoms. The van der Waals surface area contributed by atoms with Crippen molar-refractivity contribution >= 4 is 0 Å². The van der Waals surface area contributed by atoms with Crippen molar-refractivity contribution in [2.45, 2.75) is 45.7 Å². The molecule has 2 aliphatic rings. The van der Waals surface area contributed by atoms with E-state index in [1.54, 1.807) is 0 Å². The summed E-state index contributed by atoms with van der Waals surface area (Å²) in [5, 5.41) is 0. The highest BCUT2D eigenvalue weighted by Gasteiger charge is 2.55. The first-order chi connectivity index (χ1) is 6.05. The average molecular weight is 182 g/mol. The first-order valence-corrected chi connectivity index (χ1v) is 5.55. The molecular formula is C11H22N2. The minimum absolute atomic E-state index is 0.511. The predicted octanol–water partition coefficient (Wildman–Crippen LogP) is 1.45. The highest BCUT2D eigenvalue weighted by atomic mass is 15.2. The second-order valence-corrected chi connectivity index (χ2v) is 5.38. The molecular weight excluding hydrogens is 160 g/mol. The Bertz CT molecular complexity index is 202. The van der Waals surface area contributed by atoms with E-state index in [0.717, 1.165) is 12.0 Å². The smallest absolute Gasteiger partial charge is 0.0115 e. The Morgan fingerprint density at radius 2 is 2.00 bits per heavy atom. The molecule has 0 aromatic carbocycles. The largest absolute Gasteiger partial charge is 0.327 e. The fraction of sp³-hybridized carbons (Fsp3) is 1.00. The molecule has 1 spiro atoms. The maximum absolute atomic E-state index is 5.97. The van der Waals surface area contributed by atoms with Crippen LogP contribution in [0, 0.1) is 11.3 Å². The van der Waals surface area contributed by atoms with Crippen molar-refractivity contribution in [1.82, 2.24) is 4.90 Å². The van der Waals surface area contributed by atoms with Gasteiger partial charge in [0, 0.05) is 24.0 Å². The van der Waals surface area contributed by atoms with E-state index in [1.165, 1.54) is 25.9 Å². The third-order valence-electron chi connectivity index (χ3n) is 4.21. The lowest BCUT2D eigenvalue weighted by Crippen LogP contribution is -2.35. The van der Waals surface area contributed by atoms with Gasteiger partial charge in [-0.3, -0.25) is 4.90 Å². The van der Waals surface area contributed by atoms with Crippen molar-refractivity contribution in [2.75, 3.05) is 13.1 Å². The highest BCUT2D eigenvalue weighted by Crippen LogP contribution is 2.52. The van der Waals surface area contributed by atoms with E-state index in [0.29, 0.717) is 11.5 Å². The van der Waals surface area contributed by atoms with E-state index in [1.807, 2.05) is 0 Å². The number of nitrogens with zero attached hydrogens (tertiary/aromatic N) is 1. The first-order valence-electron chi connectivity index (χ1n) is 5.55. The third-order valence-corrected chi connectivity index (χ3v) is 4.21. The molecule has 3 atom stereocenters. The quantitative estimate of drug-likeness (QED) is 0.700. The van der Waals surface area contributed by atoms with Crippen LogP contribution in [0.2, 0.25) is 0 Å². The van der Waals surface area contributed by atoms with Crippen molar-refractivity contribution in [3.05, 3.63) is 0 Å². The third kappa shape index (κ3) is 1.50. The van der Waals surface area contributed by atoms with E-state index < -0.39 is 0 Å². The summed E-state index contributed by atoms with van der Waals surface area (Å²) in [5.41, 5.74) is 6.52. The Balaban J connectivity index is 1.92. The summed E-state index contributed by atoms with van der Waals surface area (Å²) in [7, 11) is 0. The zero-order valence-electron chi connectivity index (χ0n) is 9.09. The number of hydrogen-bond acceptors (Lipinski definition) is 2. The maximum atomic E-state index is 5.97. The standard InChI is InChI=1S/C11H22N2/c1-8(2)9(3)13-5-4-11(7-13)6-10(11)12/h8-10H,4-7,12H2,1-3H3. The van der Waals surface area contributed by atoms with Crippen molar-refractivity contribution in [3.63, 3.8) is 0 Å². The molecule has 1 aliphatic heterocycles.